The maximum atomic E-state index is 12.2. The quantitative estimate of drug-likeness (QED) is 0.817. The molecule has 0 atom stereocenters. The third-order valence-electron chi connectivity index (χ3n) is 2.74. The molecule has 0 bridgehead atoms. The van der Waals surface area contributed by atoms with E-state index in [-0.39, 0.29) is 11.5 Å². The SMILES string of the molecule is CCN(C)S(=O)(=O)c1c(C)nn(CCO)c1C. The van der Waals surface area contributed by atoms with E-state index in [9.17, 15) is 8.42 Å². The molecule has 1 N–H and O–H groups in total. The molecule has 0 spiro atoms. The predicted octanol–water partition coefficient (Wildman–Crippen LogP) is 0.133. The molecule has 0 aromatic carbocycles. The van der Waals surface area contributed by atoms with Crippen LogP contribution in [0.25, 0.3) is 0 Å². The van der Waals surface area contributed by atoms with Gasteiger partial charge in [0.2, 0.25) is 10.0 Å². The van der Waals surface area contributed by atoms with Gasteiger partial charge in [-0.05, 0) is 13.8 Å². The highest BCUT2D eigenvalue weighted by atomic mass is 32.2. The predicted molar refractivity (Wildman–Crippen MR) is 64.3 cm³/mol. The third-order valence-corrected chi connectivity index (χ3v) is 4.93. The summed E-state index contributed by atoms with van der Waals surface area (Å²) in [4.78, 5) is 0.246. The molecule has 1 heterocycles. The molecule has 1 rings (SSSR count). The molecule has 0 saturated carbocycles. The average molecular weight is 261 g/mol. The van der Waals surface area contributed by atoms with Crippen LogP contribution in [-0.4, -0.2) is 47.8 Å². The first-order valence-corrected chi connectivity index (χ1v) is 6.91. The van der Waals surface area contributed by atoms with Crippen LogP contribution in [0.1, 0.15) is 18.3 Å². The van der Waals surface area contributed by atoms with Crippen LogP contribution >= 0.6 is 0 Å². The summed E-state index contributed by atoms with van der Waals surface area (Å²) in [5.41, 5.74) is 1.04. The van der Waals surface area contributed by atoms with Crippen LogP contribution in [0.4, 0.5) is 0 Å². The maximum absolute atomic E-state index is 12.2. The zero-order valence-corrected chi connectivity index (χ0v) is 11.5. The minimum absolute atomic E-state index is 0.0644. The minimum Gasteiger partial charge on any atom is -0.394 e. The Labute approximate surface area is 102 Å². The fourth-order valence-electron chi connectivity index (χ4n) is 1.69. The Kier molecular flexibility index (Phi) is 4.29. The summed E-state index contributed by atoms with van der Waals surface area (Å²) in [5.74, 6) is 0. The van der Waals surface area contributed by atoms with E-state index in [0.717, 1.165) is 0 Å². The van der Waals surface area contributed by atoms with Gasteiger partial charge in [0.05, 0.1) is 24.5 Å². The van der Waals surface area contributed by atoms with Crippen molar-refractivity contribution in [1.82, 2.24) is 14.1 Å². The van der Waals surface area contributed by atoms with Gasteiger partial charge < -0.3 is 5.11 Å². The topological polar surface area (TPSA) is 75.4 Å². The molecule has 0 fully saturated rings. The average Bonchev–Trinajstić information content (AvgIpc) is 2.54. The summed E-state index contributed by atoms with van der Waals surface area (Å²) in [6.45, 7) is 5.79. The van der Waals surface area contributed by atoms with Crippen molar-refractivity contribution < 1.29 is 13.5 Å². The van der Waals surface area contributed by atoms with Crippen LogP contribution in [-0.2, 0) is 16.6 Å². The maximum Gasteiger partial charge on any atom is 0.246 e. The van der Waals surface area contributed by atoms with Crippen molar-refractivity contribution in [2.75, 3.05) is 20.2 Å². The molecule has 17 heavy (non-hydrogen) atoms. The first-order valence-electron chi connectivity index (χ1n) is 5.47. The summed E-state index contributed by atoms with van der Waals surface area (Å²) in [5, 5.41) is 13.0. The van der Waals surface area contributed by atoms with Gasteiger partial charge in [0.25, 0.3) is 0 Å². The first-order chi connectivity index (χ1) is 7.86. The molecule has 0 aliphatic carbocycles. The fourth-order valence-corrected chi connectivity index (χ4v) is 3.24. The summed E-state index contributed by atoms with van der Waals surface area (Å²) < 4.78 is 27.3. The van der Waals surface area contributed by atoms with Gasteiger partial charge in [-0.15, -0.1) is 0 Å². The normalized spacial score (nSPS) is 12.4. The number of aliphatic hydroxyl groups is 1. The van der Waals surface area contributed by atoms with Crippen LogP contribution in [0.15, 0.2) is 4.90 Å². The Morgan fingerprint density at radius 3 is 2.47 bits per heavy atom. The summed E-state index contributed by atoms with van der Waals surface area (Å²) in [7, 11) is -1.94. The van der Waals surface area contributed by atoms with Crippen LogP contribution in [0.2, 0.25) is 0 Å². The largest absolute Gasteiger partial charge is 0.394 e. The van der Waals surface area contributed by atoms with E-state index in [1.165, 1.54) is 16.0 Å². The Morgan fingerprint density at radius 1 is 1.41 bits per heavy atom. The number of hydrogen-bond acceptors (Lipinski definition) is 4. The Bertz CT molecular complexity index is 493. The number of sulfonamides is 1. The van der Waals surface area contributed by atoms with Crippen LogP contribution in [0.5, 0.6) is 0 Å². The monoisotopic (exact) mass is 261 g/mol. The molecule has 7 heteroatoms. The molecule has 0 radical (unpaired) electrons. The summed E-state index contributed by atoms with van der Waals surface area (Å²) in [6.07, 6.45) is 0. The minimum atomic E-state index is -3.48. The van der Waals surface area contributed by atoms with Gasteiger partial charge in [0, 0.05) is 13.6 Å². The second kappa shape index (κ2) is 5.16. The van der Waals surface area contributed by atoms with Crippen LogP contribution in [0, 0.1) is 13.8 Å². The molecule has 0 amide bonds. The van der Waals surface area contributed by atoms with E-state index in [1.54, 1.807) is 20.8 Å². The van der Waals surface area contributed by atoms with E-state index in [2.05, 4.69) is 5.10 Å². The smallest absolute Gasteiger partial charge is 0.246 e. The zero-order chi connectivity index (χ0) is 13.2. The number of aromatic nitrogens is 2. The van der Waals surface area contributed by atoms with E-state index < -0.39 is 10.0 Å². The van der Waals surface area contributed by atoms with Crippen molar-refractivity contribution in [1.29, 1.82) is 0 Å². The van der Waals surface area contributed by atoms with Crippen molar-refractivity contribution in [3.8, 4) is 0 Å². The highest BCUT2D eigenvalue weighted by Gasteiger charge is 2.27. The van der Waals surface area contributed by atoms with Crippen LogP contribution < -0.4 is 0 Å². The Hall–Kier alpha value is -0.920. The zero-order valence-electron chi connectivity index (χ0n) is 10.6. The highest BCUT2D eigenvalue weighted by molar-refractivity contribution is 7.89. The molecular formula is C10H19N3O3S. The fraction of sp³-hybridized carbons (Fsp3) is 0.700. The van der Waals surface area contributed by atoms with E-state index in [1.807, 2.05) is 0 Å². The lowest BCUT2D eigenvalue weighted by Gasteiger charge is -2.15. The highest BCUT2D eigenvalue weighted by Crippen LogP contribution is 2.22. The first kappa shape index (κ1) is 14.1. The van der Waals surface area contributed by atoms with Crippen molar-refractivity contribution in [2.45, 2.75) is 32.2 Å². The van der Waals surface area contributed by atoms with E-state index >= 15 is 0 Å². The lowest BCUT2D eigenvalue weighted by Crippen LogP contribution is -2.27. The van der Waals surface area contributed by atoms with Gasteiger partial charge in [-0.2, -0.15) is 5.10 Å². The Morgan fingerprint density at radius 2 is 2.00 bits per heavy atom. The molecule has 0 aliphatic heterocycles. The second-order valence-corrected chi connectivity index (χ2v) is 5.85. The molecule has 1 aromatic heterocycles. The number of aryl methyl sites for hydroxylation is 1. The van der Waals surface area contributed by atoms with Gasteiger partial charge in [-0.1, -0.05) is 6.92 Å². The molecule has 98 valence electrons. The van der Waals surface area contributed by atoms with Gasteiger partial charge in [0.15, 0.2) is 0 Å². The molecule has 0 saturated heterocycles. The van der Waals surface area contributed by atoms with Crippen LogP contribution in [0.3, 0.4) is 0 Å². The van der Waals surface area contributed by atoms with Crippen molar-refractivity contribution in [2.24, 2.45) is 0 Å². The lowest BCUT2D eigenvalue weighted by molar-refractivity contribution is 0.267. The summed E-state index contributed by atoms with van der Waals surface area (Å²) in [6, 6.07) is 0. The van der Waals surface area contributed by atoms with Gasteiger partial charge in [-0.25, -0.2) is 12.7 Å². The van der Waals surface area contributed by atoms with Gasteiger partial charge in [0.1, 0.15) is 4.90 Å². The standard InChI is InChI=1S/C10H19N3O3S/c1-5-12(4)17(15,16)10-8(2)11-13(6-7-14)9(10)3/h14H,5-7H2,1-4H3. The third kappa shape index (κ3) is 2.51. The van der Waals surface area contributed by atoms with Crippen molar-refractivity contribution in [3.05, 3.63) is 11.4 Å². The molecule has 0 aliphatic rings. The second-order valence-electron chi connectivity index (χ2n) is 3.87. The van der Waals surface area contributed by atoms with Crippen molar-refractivity contribution >= 4 is 10.0 Å². The number of nitrogens with zero attached hydrogens (tertiary/aromatic N) is 3. The van der Waals surface area contributed by atoms with Gasteiger partial charge in [-0.3, -0.25) is 4.68 Å². The molecule has 6 nitrogen and oxygen atoms in total. The lowest BCUT2D eigenvalue weighted by atomic mass is 10.4. The number of rotatable bonds is 5. The van der Waals surface area contributed by atoms with E-state index in [4.69, 9.17) is 5.11 Å². The summed E-state index contributed by atoms with van der Waals surface area (Å²) >= 11 is 0. The molecular weight excluding hydrogens is 242 g/mol. The van der Waals surface area contributed by atoms with E-state index in [0.29, 0.717) is 24.5 Å². The number of hydrogen-bond donors (Lipinski definition) is 1. The molecule has 0 unspecified atom stereocenters. The molecule has 1 aromatic rings. The number of aliphatic hydroxyl groups excluding tert-OH is 1. The Balaban J connectivity index is 3.32. The van der Waals surface area contributed by atoms with Gasteiger partial charge >= 0.3 is 0 Å². The van der Waals surface area contributed by atoms with Crippen molar-refractivity contribution in [3.63, 3.8) is 0 Å².